The molecule has 1 aromatic carbocycles. The molecule has 188 valence electrons. The van der Waals surface area contributed by atoms with Crippen LogP contribution < -0.4 is 10.2 Å². The highest BCUT2D eigenvalue weighted by Crippen LogP contribution is 2.46. The molecular formula is C23H28FN5O5S. The second-order valence-electron chi connectivity index (χ2n) is 9.85. The second-order valence-corrected chi connectivity index (χ2v) is 11.9. The lowest BCUT2D eigenvalue weighted by atomic mass is 10.2. The number of rotatable bonds is 6. The van der Waals surface area contributed by atoms with Gasteiger partial charge in [-0.1, -0.05) is 0 Å². The Labute approximate surface area is 203 Å². The molecule has 35 heavy (non-hydrogen) atoms. The number of amides is 1. The smallest absolute Gasteiger partial charge is 0.410 e. The minimum Gasteiger partial charge on any atom is -0.443 e. The van der Waals surface area contributed by atoms with Crippen LogP contribution in [0.5, 0.6) is 5.88 Å². The van der Waals surface area contributed by atoms with Gasteiger partial charge in [-0.15, -0.1) is 5.06 Å². The Balaban J connectivity index is 1.28. The molecule has 1 spiro atoms. The van der Waals surface area contributed by atoms with Gasteiger partial charge in [-0.2, -0.15) is 4.98 Å². The van der Waals surface area contributed by atoms with Gasteiger partial charge >= 0.3 is 6.09 Å². The number of aromatic nitrogens is 2. The van der Waals surface area contributed by atoms with Gasteiger partial charge < -0.3 is 19.8 Å². The first-order valence-corrected chi connectivity index (χ1v) is 13.4. The zero-order valence-corrected chi connectivity index (χ0v) is 20.7. The number of benzene rings is 1. The van der Waals surface area contributed by atoms with Gasteiger partial charge in [0.2, 0.25) is 5.88 Å². The number of ether oxygens (including phenoxy) is 1. The van der Waals surface area contributed by atoms with Crippen LogP contribution in [0.2, 0.25) is 0 Å². The lowest BCUT2D eigenvalue weighted by Gasteiger charge is -2.40. The molecule has 2 aliphatic carbocycles. The zero-order valence-electron chi connectivity index (χ0n) is 19.9. The van der Waals surface area contributed by atoms with Crippen LogP contribution in [0.3, 0.4) is 0 Å². The van der Waals surface area contributed by atoms with Crippen molar-refractivity contribution in [1.29, 1.82) is 0 Å². The third-order valence-corrected chi connectivity index (χ3v) is 7.93. The molecule has 3 fully saturated rings. The van der Waals surface area contributed by atoms with Crippen molar-refractivity contribution in [3.63, 3.8) is 0 Å². The monoisotopic (exact) mass is 505 g/mol. The standard InChI is InChI=1S/C23H28FN5O5S/c1-15-19(27-18-5-4-16(12-17(18)24)35(3,31)32)25-14-26-20(15)34-29-11-10-28(13-23(29)8-9-23)21(30)33-22(2)6-7-22/h4-5,12,14H,6-11,13H2,1-3H3,(H,25,26,27). The highest BCUT2D eigenvalue weighted by Gasteiger charge is 2.55. The number of hydroxylamine groups is 2. The van der Waals surface area contributed by atoms with E-state index in [0.717, 1.165) is 38.0 Å². The van der Waals surface area contributed by atoms with Gasteiger partial charge in [0.05, 0.1) is 28.2 Å². The average molecular weight is 506 g/mol. The van der Waals surface area contributed by atoms with E-state index in [2.05, 4.69) is 15.3 Å². The predicted molar refractivity (Wildman–Crippen MR) is 125 cm³/mol. The summed E-state index contributed by atoms with van der Waals surface area (Å²) in [5.41, 5.74) is 0.0621. The van der Waals surface area contributed by atoms with Crippen molar-refractivity contribution in [2.75, 3.05) is 31.2 Å². The van der Waals surface area contributed by atoms with E-state index in [1.165, 1.54) is 18.5 Å². The number of anilines is 2. The number of hydrogen-bond donors (Lipinski definition) is 1. The van der Waals surface area contributed by atoms with E-state index in [4.69, 9.17) is 9.57 Å². The number of carbonyl (C=O) groups is 1. The number of nitrogens with zero attached hydrogens (tertiary/aromatic N) is 4. The van der Waals surface area contributed by atoms with Crippen LogP contribution in [0.25, 0.3) is 0 Å². The van der Waals surface area contributed by atoms with E-state index >= 15 is 0 Å². The van der Waals surface area contributed by atoms with Crippen LogP contribution in [-0.4, -0.2) is 71.5 Å². The molecule has 3 aliphatic rings. The van der Waals surface area contributed by atoms with Crippen molar-refractivity contribution < 1.29 is 27.2 Å². The first-order chi connectivity index (χ1) is 16.5. The van der Waals surface area contributed by atoms with Gasteiger partial charge in [0, 0.05) is 19.3 Å². The Bertz CT molecular complexity index is 1280. The van der Waals surface area contributed by atoms with E-state index < -0.39 is 15.7 Å². The van der Waals surface area contributed by atoms with Crippen LogP contribution in [0.15, 0.2) is 29.4 Å². The number of sulfone groups is 1. The average Bonchev–Trinajstić information content (AvgIpc) is 3.72. The fraction of sp³-hybridized carbons (Fsp3) is 0.522. The van der Waals surface area contributed by atoms with Crippen molar-refractivity contribution in [2.24, 2.45) is 0 Å². The van der Waals surface area contributed by atoms with E-state index in [9.17, 15) is 17.6 Å². The molecule has 2 saturated carbocycles. The van der Waals surface area contributed by atoms with E-state index in [1.54, 1.807) is 11.8 Å². The molecule has 12 heteroatoms. The van der Waals surface area contributed by atoms with Crippen LogP contribution in [0.4, 0.5) is 20.7 Å². The number of carbonyl (C=O) groups excluding carboxylic acids is 1. The van der Waals surface area contributed by atoms with Crippen molar-refractivity contribution in [2.45, 2.75) is 55.6 Å². The molecule has 2 heterocycles. The van der Waals surface area contributed by atoms with Gasteiger partial charge in [-0.3, -0.25) is 0 Å². The molecule has 1 N–H and O–H groups in total. The normalized spacial score (nSPS) is 20.4. The third kappa shape index (κ3) is 4.90. The minimum absolute atomic E-state index is 0.0836. The summed E-state index contributed by atoms with van der Waals surface area (Å²) >= 11 is 0. The summed E-state index contributed by atoms with van der Waals surface area (Å²) in [5, 5.41) is 4.77. The van der Waals surface area contributed by atoms with Gasteiger partial charge in [0.25, 0.3) is 0 Å². The molecule has 2 aromatic rings. The second kappa shape index (κ2) is 8.30. The topological polar surface area (TPSA) is 114 Å². The van der Waals surface area contributed by atoms with Gasteiger partial charge in [0.1, 0.15) is 23.6 Å². The Morgan fingerprint density at radius 1 is 1.17 bits per heavy atom. The predicted octanol–water partition coefficient (Wildman–Crippen LogP) is 3.20. The van der Waals surface area contributed by atoms with Gasteiger partial charge in [0.15, 0.2) is 9.84 Å². The summed E-state index contributed by atoms with van der Waals surface area (Å²) < 4.78 is 43.5. The van der Waals surface area contributed by atoms with Crippen LogP contribution >= 0.6 is 0 Å². The first-order valence-electron chi connectivity index (χ1n) is 11.5. The molecule has 0 radical (unpaired) electrons. The van der Waals surface area contributed by atoms with Gasteiger partial charge in [-0.05, 0) is 57.7 Å². The molecule has 1 aromatic heterocycles. The summed E-state index contributed by atoms with van der Waals surface area (Å²) in [6.07, 6.45) is 5.66. The molecule has 0 unspecified atom stereocenters. The fourth-order valence-electron chi connectivity index (χ4n) is 4.08. The first kappa shape index (κ1) is 23.7. The van der Waals surface area contributed by atoms with E-state index in [1.807, 2.05) is 12.0 Å². The Hall–Kier alpha value is -2.99. The molecule has 5 rings (SSSR count). The fourth-order valence-corrected chi connectivity index (χ4v) is 4.71. The van der Waals surface area contributed by atoms with Crippen LogP contribution in [0, 0.1) is 12.7 Å². The highest BCUT2D eigenvalue weighted by molar-refractivity contribution is 7.90. The van der Waals surface area contributed by atoms with E-state index in [0.29, 0.717) is 36.9 Å². The SMILES string of the molecule is Cc1c(Nc2ccc(S(C)(=O)=O)cc2F)ncnc1ON1CCN(C(=O)OC2(C)CC2)CC12CC2. The van der Waals surface area contributed by atoms with Crippen molar-refractivity contribution in [3.05, 3.63) is 35.9 Å². The molecule has 0 atom stereocenters. The van der Waals surface area contributed by atoms with Crippen molar-refractivity contribution in [1.82, 2.24) is 19.9 Å². The third-order valence-electron chi connectivity index (χ3n) is 6.82. The number of halogens is 1. The summed E-state index contributed by atoms with van der Waals surface area (Å²) in [6.45, 7) is 5.20. The highest BCUT2D eigenvalue weighted by atomic mass is 32.2. The van der Waals surface area contributed by atoms with Crippen molar-refractivity contribution in [3.8, 4) is 5.88 Å². The van der Waals surface area contributed by atoms with Crippen molar-refractivity contribution >= 4 is 27.4 Å². The number of nitrogens with one attached hydrogen (secondary N) is 1. The number of piperazine rings is 1. The molecule has 1 aliphatic heterocycles. The maximum absolute atomic E-state index is 14.5. The molecule has 0 bridgehead atoms. The largest absolute Gasteiger partial charge is 0.443 e. The Kier molecular flexibility index (Phi) is 5.63. The van der Waals surface area contributed by atoms with Gasteiger partial charge in [-0.25, -0.2) is 22.6 Å². The molecule has 10 nitrogen and oxygen atoms in total. The number of hydrogen-bond acceptors (Lipinski definition) is 9. The lowest BCUT2D eigenvalue weighted by Crippen LogP contribution is -2.58. The molecular weight excluding hydrogens is 477 g/mol. The summed E-state index contributed by atoms with van der Waals surface area (Å²) in [7, 11) is -3.52. The van der Waals surface area contributed by atoms with E-state index in [-0.39, 0.29) is 27.8 Å². The maximum atomic E-state index is 14.5. The van der Waals surface area contributed by atoms with Crippen LogP contribution in [0.1, 0.15) is 38.2 Å². The zero-order chi connectivity index (χ0) is 25.0. The minimum atomic E-state index is -3.52. The quantitative estimate of drug-likeness (QED) is 0.632. The maximum Gasteiger partial charge on any atom is 0.410 e. The molecule has 1 saturated heterocycles. The summed E-state index contributed by atoms with van der Waals surface area (Å²) in [5.74, 6) is -0.0531. The molecule has 1 amide bonds. The summed E-state index contributed by atoms with van der Waals surface area (Å²) in [6, 6.07) is 3.66. The Morgan fingerprint density at radius 3 is 2.54 bits per heavy atom. The Morgan fingerprint density at radius 2 is 1.91 bits per heavy atom. The van der Waals surface area contributed by atoms with Crippen LogP contribution in [-0.2, 0) is 14.6 Å². The summed E-state index contributed by atoms with van der Waals surface area (Å²) in [4.78, 5) is 28.8. The lowest BCUT2D eigenvalue weighted by molar-refractivity contribution is -0.140.